The summed E-state index contributed by atoms with van der Waals surface area (Å²) in [7, 11) is 1.78. The van der Waals surface area contributed by atoms with Crippen LogP contribution in [0.25, 0.3) is 0 Å². The van der Waals surface area contributed by atoms with Gasteiger partial charge < -0.3 is 20.0 Å². The second kappa shape index (κ2) is 14.2. The van der Waals surface area contributed by atoms with E-state index in [0.717, 1.165) is 23.2 Å². The number of halogens is 1. The van der Waals surface area contributed by atoms with Crippen molar-refractivity contribution in [1.29, 1.82) is 0 Å². The molecule has 1 fully saturated rings. The van der Waals surface area contributed by atoms with Crippen molar-refractivity contribution in [2.45, 2.75) is 25.8 Å². The monoisotopic (exact) mass is 608 g/mol. The highest BCUT2D eigenvalue weighted by atomic mass is 35.5. The first-order valence-corrected chi connectivity index (χ1v) is 15.3. The van der Waals surface area contributed by atoms with Crippen LogP contribution >= 0.6 is 11.6 Å². The molecule has 1 N–H and O–H groups in total. The summed E-state index contributed by atoms with van der Waals surface area (Å²) in [6.07, 6.45) is 0.735. The number of carbonyl (C=O) groups is 3. The first-order chi connectivity index (χ1) is 21.3. The molecule has 0 bridgehead atoms. The number of carbonyl (C=O) groups excluding carboxylic acids is 3. The van der Waals surface area contributed by atoms with Crippen LogP contribution in [0.1, 0.15) is 51.1 Å². The molecule has 5 rings (SSSR count). The lowest BCUT2D eigenvalue weighted by Crippen LogP contribution is -2.50. The minimum atomic E-state index is -0.290. The van der Waals surface area contributed by atoms with E-state index in [1.54, 1.807) is 42.3 Å². The van der Waals surface area contributed by atoms with Gasteiger partial charge in [-0.25, -0.2) is 0 Å². The Labute approximate surface area is 264 Å². The third-order valence-corrected chi connectivity index (χ3v) is 8.29. The summed E-state index contributed by atoms with van der Waals surface area (Å²) >= 11 is 5.99. The minimum Gasteiger partial charge on any atom is -0.367 e. The van der Waals surface area contributed by atoms with Gasteiger partial charge >= 0.3 is 0 Å². The third kappa shape index (κ3) is 7.29. The molecule has 0 aliphatic carbocycles. The Morgan fingerprint density at radius 1 is 0.841 bits per heavy atom. The molecule has 0 radical (unpaired) electrons. The van der Waals surface area contributed by atoms with Crippen LogP contribution in [0, 0.1) is 0 Å². The topological polar surface area (TPSA) is 73.0 Å². The van der Waals surface area contributed by atoms with Gasteiger partial charge in [-0.15, -0.1) is 0 Å². The van der Waals surface area contributed by atoms with Crippen molar-refractivity contribution in [3.05, 3.63) is 130 Å². The zero-order valence-electron chi connectivity index (χ0n) is 25.1. The summed E-state index contributed by atoms with van der Waals surface area (Å²) in [5, 5.41) is 3.47. The molecule has 4 aromatic carbocycles. The minimum absolute atomic E-state index is 0.137. The zero-order valence-corrected chi connectivity index (χ0v) is 25.8. The van der Waals surface area contributed by atoms with Gasteiger partial charge in [-0.05, 0) is 60.0 Å². The number of nitrogens with one attached hydrogen (secondary N) is 1. The highest BCUT2D eigenvalue weighted by Gasteiger charge is 2.29. The predicted octanol–water partition coefficient (Wildman–Crippen LogP) is 6.71. The Morgan fingerprint density at radius 3 is 2.11 bits per heavy atom. The lowest BCUT2D eigenvalue weighted by atomic mass is 9.94. The summed E-state index contributed by atoms with van der Waals surface area (Å²) in [4.78, 5) is 46.1. The van der Waals surface area contributed by atoms with Crippen LogP contribution in [0.4, 0.5) is 11.4 Å². The SMILES string of the molecule is CCC(C(=O)N1CCN(c2ccc(NC(=O)c3ccc(Cl)cc3)cc2C(=O)N(C)Cc2ccccc2)CC1)c1ccccc1. The van der Waals surface area contributed by atoms with Gasteiger partial charge in [0.15, 0.2) is 0 Å². The van der Waals surface area contributed by atoms with Crippen molar-refractivity contribution in [3.8, 4) is 0 Å². The van der Waals surface area contributed by atoms with Gasteiger partial charge in [0.2, 0.25) is 5.91 Å². The number of nitrogens with zero attached hydrogens (tertiary/aromatic N) is 3. The van der Waals surface area contributed by atoms with E-state index < -0.39 is 0 Å². The van der Waals surface area contributed by atoms with E-state index in [9.17, 15) is 14.4 Å². The number of piperazine rings is 1. The van der Waals surface area contributed by atoms with Crippen LogP contribution in [0.5, 0.6) is 0 Å². The second-order valence-electron chi connectivity index (χ2n) is 11.0. The summed E-state index contributed by atoms with van der Waals surface area (Å²) < 4.78 is 0. The Bertz CT molecular complexity index is 1590. The molecule has 1 atom stereocenters. The molecule has 0 aromatic heterocycles. The molecule has 3 amide bonds. The smallest absolute Gasteiger partial charge is 0.256 e. The highest BCUT2D eigenvalue weighted by molar-refractivity contribution is 6.30. The van der Waals surface area contributed by atoms with E-state index in [2.05, 4.69) is 10.2 Å². The average Bonchev–Trinajstić information content (AvgIpc) is 3.06. The molecule has 1 heterocycles. The molecule has 4 aromatic rings. The molecular formula is C36H37ClN4O3. The molecule has 1 aliphatic rings. The summed E-state index contributed by atoms with van der Waals surface area (Å²) in [6, 6.07) is 31.9. The lowest BCUT2D eigenvalue weighted by molar-refractivity contribution is -0.133. The average molecular weight is 609 g/mol. The van der Waals surface area contributed by atoms with Crippen LogP contribution in [-0.2, 0) is 11.3 Å². The van der Waals surface area contributed by atoms with E-state index in [1.165, 1.54) is 0 Å². The number of amides is 3. The Hall–Kier alpha value is -4.62. The van der Waals surface area contributed by atoms with Gasteiger partial charge in [0.1, 0.15) is 0 Å². The Balaban J connectivity index is 1.36. The predicted molar refractivity (Wildman–Crippen MR) is 176 cm³/mol. The van der Waals surface area contributed by atoms with Gasteiger partial charge in [0.25, 0.3) is 11.8 Å². The number of benzene rings is 4. The molecule has 0 spiro atoms. The number of rotatable bonds is 9. The number of hydrogen-bond donors (Lipinski definition) is 1. The summed E-state index contributed by atoms with van der Waals surface area (Å²) in [5.74, 6) is -0.478. The molecule has 7 nitrogen and oxygen atoms in total. The fourth-order valence-electron chi connectivity index (χ4n) is 5.63. The van der Waals surface area contributed by atoms with E-state index in [4.69, 9.17) is 11.6 Å². The first kappa shape index (κ1) is 30.8. The van der Waals surface area contributed by atoms with Crippen LogP contribution in [0.15, 0.2) is 103 Å². The normalized spacial score (nSPS) is 13.7. The van der Waals surface area contributed by atoms with Gasteiger partial charge in [-0.1, -0.05) is 79.2 Å². The maximum atomic E-state index is 13.9. The van der Waals surface area contributed by atoms with Crippen molar-refractivity contribution in [1.82, 2.24) is 9.80 Å². The van der Waals surface area contributed by atoms with E-state index in [-0.39, 0.29) is 23.6 Å². The Morgan fingerprint density at radius 2 is 1.48 bits per heavy atom. The van der Waals surface area contributed by atoms with E-state index in [0.29, 0.717) is 54.6 Å². The molecule has 0 saturated carbocycles. The molecular weight excluding hydrogens is 572 g/mol. The standard InChI is InChI=1S/C36H37ClN4O3/c1-3-31(27-12-8-5-9-13-27)36(44)41-22-20-40(21-23-41)33-19-18-30(38-34(42)28-14-16-29(37)17-15-28)24-32(33)35(43)39(2)25-26-10-6-4-7-11-26/h4-19,24,31H,3,20-23,25H2,1-2H3,(H,38,42). The quantitative estimate of drug-likeness (QED) is 0.229. The fraction of sp³-hybridized carbons (Fsp3) is 0.250. The molecule has 1 unspecified atom stereocenters. The second-order valence-corrected chi connectivity index (χ2v) is 11.5. The fourth-order valence-corrected chi connectivity index (χ4v) is 5.75. The van der Waals surface area contributed by atoms with E-state index in [1.807, 2.05) is 84.6 Å². The van der Waals surface area contributed by atoms with Crippen LogP contribution < -0.4 is 10.2 Å². The van der Waals surface area contributed by atoms with Gasteiger partial charge in [0.05, 0.1) is 11.5 Å². The van der Waals surface area contributed by atoms with Crippen molar-refractivity contribution in [2.24, 2.45) is 0 Å². The van der Waals surface area contributed by atoms with Crippen LogP contribution in [0.3, 0.4) is 0 Å². The van der Waals surface area contributed by atoms with E-state index >= 15 is 0 Å². The molecule has 1 aliphatic heterocycles. The van der Waals surface area contributed by atoms with Crippen LogP contribution in [0.2, 0.25) is 5.02 Å². The highest BCUT2D eigenvalue weighted by Crippen LogP contribution is 2.29. The maximum absolute atomic E-state index is 13.9. The largest absolute Gasteiger partial charge is 0.367 e. The van der Waals surface area contributed by atoms with Gasteiger partial charge in [-0.3, -0.25) is 14.4 Å². The first-order valence-electron chi connectivity index (χ1n) is 14.9. The van der Waals surface area contributed by atoms with Crippen LogP contribution in [-0.4, -0.2) is 60.7 Å². The van der Waals surface area contributed by atoms with Crippen molar-refractivity contribution < 1.29 is 14.4 Å². The molecule has 1 saturated heterocycles. The van der Waals surface area contributed by atoms with Crippen molar-refractivity contribution in [3.63, 3.8) is 0 Å². The lowest BCUT2D eigenvalue weighted by Gasteiger charge is -2.38. The zero-order chi connectivity index (χ0) is 31.1. The third-order valence-electron chi connectivity index (χ3n) is 8.04. The van der Waals surface area contributed by atoms with Gasteiger partial charge in [0, 0.05) is 61.7 Å². The summed E-state index contributed by atoms with van der Waals surface area (Å²) in [6.45, 7) is 4.80. The molecule has 226 valence electrons. The van der Waals surface area contributed by atoms with Crippen molar-refractivity contribution >= 4 is 40.7 Å². The maximum Gasteiger partial charge on any atom is 0.256 e. The number of hydrogen-bond acceptors (Lipinski definition) is 4. The van der Waals surface area contributed by atoms with Gasteiger partial charge in [-0.2, -0.15) is 0 Å². The molecule has 44 heavy (non-hydrogen) atoms. The summed E-state index contributed by atoms with van der Waals surface area (Å²) in [5.41, 5.74) is 4.32. The van der Waals surface area contributed by atoms with Crippen molar-refractivity contribution in [2.75, 3.05) is 43.4 Å². The molecule has 8 heteroatoms. The number of anilines is 2. The Kier molecular flexibility index (Phi) is 9.97.